The highest BCUT2D eigenvalue weighted by Crippen LogP contribution is 2.20. The van der Waals surface area contributed by atoms with Crippen LogP contribution in [0.2, 0.25) is 0 Å². The minimum atomic E-state index is -0.369. The van der Waals surface area contributed by atoms with Crippen LogP contribution in [0.4, 0.5) is 15.8 Å². The first kappa shape index (κ1) is 16.7. The topological polar surface area (TPSA) is 62.4 Å². The van der Waals surface area contributed by atoms with Gasteiger partial charge < -0.3 is 20.7 Å². The van der Waals surface area contributed by atoms with Gasteiger partial charge in [0.15, 0.2) is 0 Å². The van der Waals surface area contributed by atoms with Crippen molar-refractivity contribution in [3.63, 3.8) is 0 Å². The lowest BCUT2D eigenvalue weighted by Gasteiger charge is -2.13. The van der Waals surface area contributed by atoms with Crippen molar-refractivity contribution in [3.8, 4) is 0 Å². The van der Waals surface area contributed by atoms with E-state index in [1.807, 2.05) is 7.05 Å². The highest BCUT2D eigenvalue weighted by atomic mass is 19.1. The Bertz CT molecular complexity index is 490. The summed E-state index contributed by atoms with van der Waals surface area (Å²) in [6.07, 6.45) is 3.40. The largest absolute Gasteiger partial charge is 0.380 e. The average molecular weight is 309 g/mol. The molecule has 0 aromatic heterocycles. The molecule has 122 valence electrons. The monoisotopic (exact) mass is 309 g/mol. The summed E-state index contributed by atoms with van der Waals surface area (Å²) >= 11 is 0. The number of hydrogen-bond acceptors (Lipinski definition) is 4. The van der Waals surface area contributed by atoms with Gasteiger partial charge in [0.25, 0.3) is 0 Å². The Morgan fingerprint density at radius 2 is 2.32 bits per heavy atom. The zero-order valence-electron chi connectivity index (χ0n) is 13.0. The smallest absolute Gasteiger partial charge is 0.224 e. The first-order valence-electron chi connectivity index (χ1n) is 7.78. The van der Waals surface area contributed by atoms with Gasteiger partial charge in [0, 0.05) is 25.3 Å². The van der Waals surface area contributed by atoms with Crippen LogP contribution in [0.5, 0.6) is 0 Å². The normalized spacial score (nSPS) is 17.5. The fourth-order valence-corrected chi connectivity index (χ4v) is 2.41. The third kappa shape index (κ3) is 5.27. The Morgan fingerprint density at radius 1 is 1.45 bits per heavy atom. The van der Waals surface area contributed by atoms with Gasteiger partial charge in [-0.15, -0.1) is 0 Å². The summed E-state index contributed by atoms with van der Waals surface area (Å²) in [7, 11) is 1.84. The zero-order valence-corrected chi connectivity index (χ0v) is 13.0. The number of benzene rings is 1. The summed E-state index contributed by atoms with van der Waals surface area (Å²) in [6, 6.07) is 4.69. The molecule has 6 heteroatoms. The molecule has 0 spiro atoms. The van der Waals surface area contributed by atoms with Gasteiger partial charge in [-0.25, -0.2) is 4.39 Å². The molecule has 1 aromatic rings. The second kappa shape index (κ2) is 8.70. The number of nitrogens with one attached hydrogen (secondary N) is 3. The molecule has 0 bridgehead atoms. The summed E-state index contributed by atoms with van der Waals surface area (Å²) in [6.45, 7) is 2.17. The van der Waals surface area contributed by atoms with Gasteiger partial charge in [0.1, 0.15) is 5.82 Å². The molecule has 1 aliphatic rings. The SMILES string of the molecule is CNCCCC(=O)Nc1ccc(NCC2CCCO2)c(F)c1. The Balaban J connectivity index is 1.81. The van der Waals surface area contributed by atoms with E-state index in [1.165, 1.54) is 6.07 Å². The Kier molecular flexibility index (Phi) is 6.61. The van der Waals surface area contributed by atoms with Crippen LogP contribution >= 0.6 is 0 Å². The van der Waals surface area contributed by atoms with Crippen LogP contribution in [0.25, 0.3) is 0 Å². The summed E-state index contributed by atoms with van der Waals surface area (Å²) < 4.78 is 19.5. The standard InChI is InChI=1S/C16H24FN3O2/c1-18-8-2-5-16(21)20-12-6-7-15(14(17)10-12)19-11-13-4-3-9-22-13/h6-7,10,13,18-19H,2-5,8-9,11H2,1H3,(H,20,21). The number of carbonyl (C=O) groups is 1. The van der Waals surface area contributed by atoms with E-state index in [4.69, 9.17) is 4.74 Å². The Hall–Kier alpha value is -1.66. The molecule has 1 amide bonds. The first-order chi connectivity index (χ1) is 10.7. The van der Waals surface area contributed by atoms with Gasteiger partial charge in [-0.05, 0) is 51.1 Å². The minimum Gasteiger partial charge on any atom is -0.380 e. The van der Waals surface area contributed by atoms with Gasteiger partial charge in [-0.3, -0.25) is 4.79 Å². The van der Waals surface area contributed by atoms with Crippen molar-refractivity contribution in [2.75, 3.05) is 37.4 Å². The van der Waals surface area contributed by atoms with E-state index < -0.39 is 0 Å². The molecule has 0 radical (unpaired) electrons. The number of halogens is 1. The molecule has 1 unspecified atom stereocenters. The van der Waals surface area contributed by atoms with E-state index in [1.54, 1.807) is 12.1 Å². The molecule has 1 aromatic carbocycles. The zero-order chi connectivity index (χ0) is 15.8. The van der Waals surface area contributed by atoms with Gasteiger partial charge in [0.05, 0.1) is 11.8 Å². The van der Waals surface area contributed by atoms with E-state index in [0.29, 0.717) is 24.3 Å². The maximum absolute atomic E-state index is 14.0. The molecule has 22 heavy (non-hydrogen) atoms. The Labute approximate surface area is 130 Å². The number of carbonyl (C=O) groups excluding carboxylic acids is 1. The summed E-state index contributed by atoms with van der Waals surface area (Å²) in [4.78, 5) is 11.7. The number of rotatable bonds is 8. The van der Waals surface area contributed by atoms with Crippen molar-refractivity contribution in [2.45, 2.75) is 31.8 Å². The maximum Gasteiger partial charge on any atom is 0.224 e. The van der Waals surface area contributed by atoms with E-state index >= 15 is 0 Å². The van der Waals surface area contributed by atoms with E-state index in [-0.39, 0.29) is 17.8 Å². The molecule has 1 fully saturated rings. The van der Waals surface area contributed by atoms with Crippen LogP contribution in [-0.2, 0) is 9.53 Å². The third-order valence-corrected chi connectivity index (χ3v) is 3.63. The lowest BCUT2D eigenvalue weighted by atomic mass is 10.2. The number of amides is 1. The van der Waals surface area contributed by atoms with Crippen LogP contribution < -0.4 is 16.0 Å². The fraction of sp³-hybridized carbons (Fsp3) is 0.562. The van der Waals surface area contributed by atoms with Crippen molar-refractivity contribution < 1.29 is 13.9 Å². The second-order valence-corrected chi connectivity index (χ2v) is 5.47. The second-order valence-electron chi connectivity index (χ2n) is 5.47. The van der Waals surface area contributed by atoms with Crippen LogP contribution in [0.15, 0.2) is 18.2 Å². The highest BCUT2D eigenvalue weighted by Gasteiger charge is 2.15. The van der Waals surface area contributed by atoms with Crippen molar-refractivity contribution in [1.29, 1.82) is 0 Å². The van der Waals surface area contributed by atoms with E-state index in [9.17, 15) is 9.18 Å². The minimum absolute atomic E-state index is 0.102. The maximum atomic E-state index is 14.0. The molecular formula is C16H24FN3O2. The third-order valence-electron chi connectivity index (χ3n) is 3.63. The predicted octanol–water partition coefficient (Wildman–Crippen LogP) is 2.35. The van der Waals surface area contributed by atoms with Gasteiger partial charge in [0.2, 0.25) is 5.91 Å². The van der Waals surface area contributed by atoms with Crippen molar-refractivity contribution in [3.05, 3.63) is 24.0 Å². The number of ether oxygens (including phenoxy) is 1. The Morgan fingerprint density at radius 3 is 3.00 bits per heavy atom. The molecule has 0 saturated carbocycles. The molecule has 0 aliphatic carbocycles. The quantitative estimate of drug-likeness (QED) is 0.645. The van der Waals surface area contributed by atoms with Gasteiger partial charge in [-0.2, -0.15) is 0 Å². The number of anilines is 2. The molecule has 2 rings (SSSR count). The van der Waals surface area contributed by atoms with Crippen LogP contribution in [0, 0.1) is 5.82 Å². The van der Waals surface area contributed by atoms with Crippen LogP contribution in [0.3, 0.4) is 0 Å². The van der Waals surface area contributed by atoms with Crippen LogP contribution in [-0.4, -0.2) is 38.8 Å². The van der Waals surface area contributed by atoms with Crippen molar-refractivity contribution >= 4 is 17.3 Å². The van der Waals surface area contributed by atoms with E-state index in [0.717, 1.165) is 32.4 Å². The molecule has 5 nitrogen and oxygen atoms in total. The molecule has 1 heterocycles. The molecule has 1 atom stereocenters. The van der Waals surface area contributed by atoms with Crippen LogP contribution in [0.1, 0.15) is 25.7 Å². The molecule has 1 saturated heterocycles. The number of hydrogen-bond donors (Lipinski definition) is 3. The lowest BCUT2D eigenvalue weighted by molar-refractivity contribution is -0.116. The van der Waals surface area contributed by atoms with Gasteiger partial charge >= 0.3 is 0 Å². The van der Waals surface area contributed by atoms with Gasteiger partial charge in [-0.1, -0.05) is 0 Å². The molecule has 1 aliphatic heterocycles. The highest BCUT2D eigenvalue weighted by molar-refractivity contribution is 5.90. The summed E-state index contributed by atoms with van der Waals surface area (Å²) in [5.74, 6) is -0.472. The van der Waals surface area contributed by atoms with Crippen molar-refractivity contribution in [1.82, 2.24) is 5.32 Å². The van der Waals surface area contributed by atoms with E-state index in [2.05, 4.69) is 16.0 Å². The average Bonchev–Trinajstić information content (AvgIpc) is 3.00. The van der Waals surface area contributed by atoms with Crippen molar-refractivity contribution in [2.24, 2.45) is 0 Å². The fourth-order valence-electron chi connectivity index (χ4n) is 2.41. The summed E-state index contributed by atoms with van der Waals surface area (Å²) in [5, 5.41) is 8.75. The summed E-state index contributed by atoms with van der Waals surface area (Å²) in [5.41, 5.74) is 0.915. The molecule has 3 N–H and O–H groups in total. The lowest BCUT2D eigenvalue weighted by Crippen LogP contribution is -2.19. The molecular weight excluding hydrogens is 285 g/mol. The predicted molar refractivity (Wildman–Crippen MR) is 85.7 cm³/mol. The first-order valence-corrected chi connectivity index (χ1v) is 7.78.